The molecule has 3 rings (SSSR count). The summed E-state index contributed by atoms with van der Waals surface area (Å²) in [6.45, 7) is 8.26. The van der Waals surface area contributed by atoms with Crippen LogP contribution in [0.5, 0.6) is 5.75 Å². The number of fused-ring (bicyclic) bond motifs is 1. The second-order valence-electron chi connectivity index (χ2n) is 10.2. The van der Waals surface area contributed by atoms with Crippen molar-refractivity contribution in [1.82, 2.24) is 14.2 Å². The molecule has 202 valence electrons. The Labute approximate surface area is 222 Å². The van der Waals surface area contributed by atoms with Crippen molar-refractivity contribution in [2.75, 3.05) is 26.7 Å². The minimum absolute atomic E-state index is 0.0655. The van der Waals surface area contributed by atoms with Crippen LogP contribution in [0.3, 0.4) is 0 Å². The fraction of sp³-hybridized carbons (Fsp3) is 0.500. The van der Waals surface area contributed by atoms with Gasteiger partial charge in [0.15, 0.2) is 0 Å². The maximum atomic E-state index is 12.9. The van der Waals surface area contributed by atoms with Crippen LogP contribution < -0.4 is 4.74 Å². The van der Waals surface area contributed by atoms with Gasteiger partial charge in [-0.25, -0.2) is 0 Å². The molecule has 2 aromatic rings. The Morgan fingerprint density at radius 3 is 2.70 bits per heavy atom. The summed E-state index contributed by atoms with van der Waals surface area (Å²) in [5.74, 6) is 6.82. The van der Waals surface area contributed by atoms with Crippen molar-refractivity contribution >= 4 is 16.7 Å². The quantitative estimate of drug-likeness (QED) is 0.460. The summed E-state index contributed by atoms with van der Waals surface area (Å²) in [6, 6.07) is 8.32. The van der Waals surface area contributed by atoms with Crippen LogP contribution in [0.1, 0.15) is 45.2 Å². The van der Waals surface area contributed by atoms with E-state index in [4.69, 9.17) is 4.74 Å². The summed E-state index contributed by atoms with van der Waals surface area (Å²) in [5, 5.41) is 9.87. The predicted molar refractivity (Wildman–Crippen MR) is 146 cm³/mol. The lowest BCUT2D eigenvalue weighted by molar-refractivity contribution is -0.130. The number of hydrogen-bond donors (Lipinski definition) is 3. The first-order valence-corrected chi connectivity index (χ1v) is 14.1. The summed E-state index contributed by atoms with van der Waals surface area (Å²) in [7, 11) is -1.69. The van der Waals surface area contributed by atoms with Gasteiger partial charge in [-0.2, -0.15) is 4.31 Å². The third-order valence-electron chi connectivity index (χ3n) is 6.40. The van der Waals surface area contributed by atoms with E-state index in [1.807, 2.05) is 13.0 Å². The number of nitrogens with zero attached hydrogens (tertiary/aromatic N) is 3. The molecule has 3 atom stereocenters. The van der Waals surface area contributed by atoms with Gasteiger partial charge in [0, 0.05) is 49.9 Å². The average Bonchev–Trinajstić information content (AvgIpc) is 2.86. The Hall–Kier alpha value is -2.61. The van der Waals surface area contributed by atoms with Crippen LogP contribution in [-0.2, 0) is 11.2 Å². The van der Waals surface area contributed by atoms with Crippen molar-refractivity contribution in [1.29, 1.82) is 0 Å². The molecule has 8 nitrogen and oxygen atoms in total. The summed E-state index contributed by atoms with van der Waals surface area (Å²) in [4.78, 5) is 18.9. The van der Waals surface area contributed by atoms with Crippen molar-refractivity contribution in [3.8, 4) is 17.6 Å². The topological polar surface area (TPSA) is 106 Å². The number of amides is 1. The fourth-order valence-corrected chi connectivity index (χ4v) is 5.99. The third kappa shape index (κ3) is 7.46. The van der Waals surface area contributed by atoms with Gasteiger partial charge < -0.3 is 14.7 Å². The molecule has 0 aliphatic carbocycles. The molecule has 1 aromatic carbocycles. The van der Waals surface area contributed by atoms with Gasteiger partial charge in [-0.3, -0.25) is 18.9 Å². The van der Waals surface area contributed by atoms with Crippen LogP contribution in [0.4, 0.5) is 0 Å². The maximum absolute atomic E-state index is 12.9. The Balaban J connectivity index is 1.93. The highest BCUT2D eigenvalue weighted by Crippen LogP contribution is 2.57. The number of aliphatic hydroxyl groups excluding tert-OH is 1. The minimum Gasteiger partial charge on any atom is -0.486 e. The van der Waals surface area contributed by atoms with Crippen molar-refractivity contribution < 1.29 is 23.7 Å². The Morgan fingerprint density at radius 1 is 1.30 bits per heavy atom. The van der Waals surface area contributed by atoms with E-state index < -0.39 is 22.9 Å². The number of rotatable bonds is 7. The second kappa shape index (κ2) is 12.8. The number of ether oxygens (including phenoxy) is 1. The lowest BCUT2D eigenvalue weighted by atomic mass is 10.0. The first kappa shape index (κ1) is 29.0. The van der Waals surface area contributed by atoms with E-state index in [0.29, 0.717) is 23.8 Å². The molecule has 9 heteroatoms. The number of carbonyl (C=O) groups excluding carboxylic acids is 1. The third-order valence-corrected chi connectivity index (χ3v) is 8.49. The van der Waals surface area contributed by atoms with E-state index in [-0.39, 0.29) is 36.3 Å². The van der Waals surface area contributed by atoms with Crippen molar-refractivity contribution in [3.63, 3.8) is 0 Å². The second-order valence-corrected chi connectivity index (χ2v) is 12.1. The first-order valence-electron chi connectivity index (χ1n) is 12.6. The summed E-state index contributed by atoms with van der Waals surface area (Å²) in [5.41, 5.74) is 1.54. The molecule has 0 fully saturated rings. The van der Waals surface area contributed by atoms with E-state index in [1.54, 1.807) is 59.8 Å². The Kier molecular flexibility index (Phi) is 9.99. The molecule has 37 heavy (non-hydrogen) atoms. The van der Waals surface area contributed by atoms with Crippen LogP contribution in [0, 0.1) is 23.7 Å². The van der Waals surface area contributed by atoms with E-state index in [2.05, 4.69) is 30.7 Å². The van der Waals surface area contributed by atoms with Gasteiger partial charge in [0.2, 0.25) is 5.91 Å². The van der Waals surface area contributed by atoms with Crippen molar-refractivity contribution in [2.24, 2.45) is 11.8 Å². The molecule has 0 saturated heterocycles. The Bertz CT molecular complexity index is 1120. The number of carbonyl (C=O) groups is 1. The molecule has 3 N–H and O–H groups in total. The lowest BCUT2D eigenvalue weighted by Crippen LogP contribution is -2.48. The zero-order valence-electron chi connectivity index (χ0n) is 22.3. The monoisotopic (exact) mass is 529 g/mol. The van der Waals surface area contributed by atoms with E-state index >= 15 is 0 Å². The smallest absolute Gasteiger partial charge is 0.226 e. The molecule has 2 heterocycles. The van der Waals surface area contributed by atoms with E-state index in [1.165, 1.54) is 0 Å². The zero-order chi connectivity index (χ0) is 27.2. The van der Waals surface area contributed by atoms with Gasteiger partial charge in [-0.05, 0) is 42.7 Å². The molecular formula is C28H39N3O5S. The first-order chi connectivity index (χ1) is 17.5. The van der Waals surface area contributed by atoms with Gasteiger partial charge in [0.25, 0.3) is 0 Å². The number of aromatic nitrogens is 1. The van der Waals surface area contributed by atoms with E-state index in [0.717, 1.165) is 12.0 Å². The molecule has 1 aliphatic rings. The molecule has 0 spiro atoms. The SMILES string of the molecule is CC(C)CC#Cc1ccc2c(c1)O[C@@H](CN(C)C(=O)Cc1cccnc1)[C@H](C)CN(C(C)CO)S2(O)O. The fourth-order valence-electron chi connectivity index (χ4n) is 4.10. The number of hydrogen-bond acceptors (Lipinski definition) is 7. The maximum Gasteiger partial charge on any atom is 0.226 e. The Morgan fingerprint density at radius 2 is 2.05 bits per heavy atom. The van der Waals surface area contributed by atoms with Gasteiger partial charge in [0.1, 0.15) is 16.7 Å². The van der Waals surface area contributed by atoms with Gasteiger partial charge in [0.05, 0.1) is 19.6 Å². The van der Waals surface area contributed by atoms with Crippen molar-refractivity contribution in [2.45, 2.75) is 57.6 Å². The number of aliphatic hydroxyl groups is 1. The van der Waals surface area contributed by atoms with Crippen LogP contribution in [0.25, 0.3) is 0 Å². The molecule has 1 unspecified atom stereocenters. The number of pyridine rings is 1. The lowest BCUT2D eigenvalue weighted by Gasteiger charge is -2.49. The average molecular weight is 530 g/mol. The largest absolute Gasteiger partial charge is 0.486 e. The summed E-state index contributed by atoms with van der Waals surface area (Å²) < 4.78 is 30.6. The van der Waals surface area contributed by atoms with Crippen LogP contribution in [-0.4, -0.2) is 73.2 Å². The van der Waals surface area contributed by atoms with Gasteiger partial charge in [-0.1, -0.05) is 38.7 Å². The molecule has 0 bridgehead atoms. The summed E-state index contributed by atoms with van der Waals surface area (Å²) >= 11 is 0. The van der Waals surface area contributed by atoms with E-state index in [9.17, 15) is 19.0 Å². The molecule has 1 aromatic heterocycles. The summed E-state index contributed by atoms with van der Waals surface area (Å²) in [6.07, 6.45) is 3.90. The molecule has 1 aliphatic heterocycles. The van der Waals surface area contributed by atoms with Crippen LogP contribution >= 0.6 is 10.8 Å². The van der Waals surface area contributed by atoms with Crippen LogP contribution in [0.2, 0.25) is 0 Å². The molecule has 0 radical (unpaired) electrons. The minimum atomic E-state index is -3.43. The van der Waals surface area contributed by atoms with Gasteiger partial charge in [-0.15, -0.1) is 10.8 Å². The molecule has 0 saturated carbocycles. The molecule has 1 amide bonds. The highest BCUT2D eigenvalue weighted by atomic mass is 32.3. The highest BCUT2D eigenvalue weighted by Gasteiger charge is 2.38. The predicted octanol–water partition coefficient (Wildman–Crippen LogP) is 4.28. The number of benzene rings is 1. The zero-order valence-corrected chi connectivity index (χ0v) is 23.1. The molecular weight excluding hydrogens is 490 g/mol. The van der Waals surface area contributed by atoms with Gasteiger partial charge >= 0.3 is 0 Å². The standard InChI is InChI=1S/C28H39N3O5S/c1-20(2)8-6-9-23-11-12-27-25(14-23)36-26(21(3)17-31(22(4)19-32)37(27,34)35)18-30(5)28(33)15-24-10-7-13-29-16-24/h7,10-14,16,20-22,26,32,34-35H,8,15,17-19H2,1-5H3/t21-,22?,26+/m1/s1. The van der Waals surface area contributed by atoms with Crippen molar-refractivity contribution in [3.05, 3.63) is 53.9 Å². The highest BCUT2D eigenvalue weighted by molar-refractivity contribution is 8.22. The normalized spacial score (nSPS) is 20.9. The van der Waals surface area contributed by atoms with Crippen LogP contribution in [0.15, 0.2) is 47.6 Å². The number of likely N-dealkylation sites (N-methyl/N-ethyl adjacent to an activating group) is 1.